The molecule has 0 aromatic carbocycles. The van der Waals surface area contributed by atoms with Gasteiger partial charge < -0.3 is 15.5 Å². The van der Waals surface area contributed by atoms with Gasteiger partial charge in [0.15, 0.2) is 0 Å². The second kappa shape index (κ2) is 5.62. The number of carbonyl (C=O) groups is 1. The van der Waals surface area contributed by atoms with Crippen LogP contribution in [0.2, 0.25) is 0 Å². The standard InChI is InChI=1S/C13H17N5OS/c1-2-4-15-13-16-11(9-3-7-20-12(9)17-13)18-6-5-14-10(19)8-18/h3,7H,2,4-6,8H2,1H3,(H,14,19)(H,15,16,17). The van der Waals surface area contributed by atoms with Crippen molar-refractivity contribution in [3.8, 4) is 0 Å². The highest BCUT2D eigenvalue weighted by Gasteiger charge is 2.21. The van der Waals surface area contributed by atoms with Gasteiger partial charge in [-0.1, -0.05) is 6.92 Å². The van der Waals surface area contributed by atoms with Crippen LogP contribution in [0.25, 0.3) is 10.2 Å². The fourth-order valence-corrected chi connectivity index (χ4v) is 2.97. The van der Waals surface area contributed by atoms with E-state index in [1.807, 2.05) is 16.3 Å². The number of rotatable bonds is 4. The average Bonchev–Trinajstić information content (AvgIpc) is 2.92. The molecule has 1 saturated heterocycles. The van der Waals surface area contributed by atoms with E-state index in [-0.39, 0.29) is 5.91 Å². The first kappa shape index (κ1) is 13.1. The van der Waals surface area contributed by atoms with Crippen LogP contribution in [0, 0.1) is 0 Å². The Labute approximate surface area is 121 Å². The van der Waals surface area contributed by atoms with Gasteiger partial charge in [0.2, 0.25) is 11.9 Å². The Morgan fingerprint density at radius 1 is 1.50 bits per heavy atom. The average molecular weight is 291 g/mol. The van der Waals surface area contributed by atoms with Crippen LogP contribution < -0.4 is 15.5 Å². The summed E-state index contributed by atoms with van der Waals surface area (Å²) in [5.41, 5.74) is 0. The molecule has 0 radical (unpaired) electrons. The summed E-state index contributed by atoms with van der Waals surface area (Å²) in [4.78, 5) is 23.7. The van der Waals surface area contributed by atoms with Crippen molar-refractivity contribution in [3.05, 3.63) is 11.4 Å². The van der Waals surface area contributed by atoms with Gasteiger partial charge >= 0.3 is 0 Å². The summed E-state index contributed by atoms with van der Waals surface area (Å²) < 4.78 is 0. The molecule has 0 atom stereocenters. The molecule has 6 nitrogen and oxygen atoms in total. The molecule has 1 fully saturated rings. The van der Waals surface area contributed by atoms with E-state index in [1.165, 1.54) is 0 Å². The highest BCUT2D eigenvalue weighted by Crippen LogP contribution is 2.29. The second-order valence-electron chi connectivity index (χ2n) is 4.71. The van der Waals surface area contributed by atoms with Gasteiger partial charge in [-0.05, 0) is 17.9 Å². The van der Waals surface area contributed by atoms with Gasteiger partial charge in [-0.2, -0.15) is 4.98 Å². The summed E-state index contributed by atoms with van der Waals surface area (Å²) >= 11 is 1.60. The first-order valence-electron chi connectivity index (χ1n) is 6.78. The van der Waals surface area contributed by atoms with E-state index in [0.29, 0.717) is 19.0 Å². The summed E-state index contributed by atoms with van der Waals surface area (Å²) in [7, 11) is 0. The molecule has 1 amide bonds. The molecular weight excluding hydrogens is 274 g/mol. The van der Waals surface area contributed by atoms with E-state index in [0.717, 1.165) is 35.5 Å². The number of piperazine rings is 1. The number of aromatic nitrogens is 2. The number of hydrogen-bond donors (Lipinski definition) is 2. The molecule has 0 saturated carbocycles. The Hall–Kier alpha value is -1.89. The molecule has 1 aliphatic heterocycles. The molecule has 0 bridgehead atoms. The van der Waals surface area contributed by atoms with Crippen molar-refractivity contribution in [2.75, 3.05) is 36.4 Å². The topological polar surface area (TPSA) is 70.2 Å². The highest BCUT2D eigenvalue weighted by molar-refractivity contribution is 7.16. The number of thiophene rings is 1. The van der Waals surface area contributed by atoms with E-state index in [1.54, 1.807) is 11.3 Å². The van der Waals surface area contributed by atoms with E-state index in [4.69, 9.17) is 0 Å². The van der Waals surface area contributed by atoms with Crippen molar-refractivity contribution < 1.29 is 4.79 Å². The maximum absolute atomic E-state index is 11.6. The van der Waals surface area contributed by atoms with Crippen LogP contribution >= 0.6 is 11.3 Å². The normalized spacial score (nSPS) is 15.4. The van der Waals surface area contributed by atoms with Crippen molar-refractivity contribution in [1.82, 2.24) is 15.3 Å². The lowest BCUT2D eigenvalue weighted by Gasteiger charge is -2.28. The van der Waals surface area contributed by atoms with Crippen LogP contribution in [-0.4, -0.2) is 42.1 Å². The van der Waals surface area contributed by atoms with Crippen molar-refractivity contribution >= 4 is 39.2 Å². The third-order valence-electron chi connectivity index (χ3n) is 3.18. The van der Waals surface area contributed by atoms with Gasteiger partial charge in [-0.25, -0.2) is 4.98 Å². The zero-order chi connectivity index (χ0) is 13.9. The lowest BCUT2D eigenvalue weighted by atomic mass is 10.3. The summed E-state index contributed by atoms with van der Waals surface area (Å²) in [5, 5.41) is 9.09. The Kier molecular flexibility index (Phi) is 3.68. The van der Waals surface area contributed by atoms with E-state index in [2.05, 4.69) is 27.5 Å². The molecule has 2 N–H and O–H groups in total. The van der Waals surface area contributed by atoms with Crippen LogP contribution in [0.3, 0.4) is 0 Å². The van der Waals surface area contributed by atoms with Crippen molar-refractivity contribution in [2.45, 2.75) is 13.3 Å². The third kappa shape index (κ3) is 2.53. The molecule has 0 aliphatic carbocycles. The van der Waals surface area contributed by atoms with Crippen LogP contribution in [0.4, 0.5) is 11.8 Å². The van der Waals surface area contributed by atoms with Gasteiger partial charge in [-0.3, -0.25) is 4.79 Å². The Bertz CT molecular complexity index is 626. The van der Waals surface area contributed by atoms with Gasteiger partial charge in [0.25, 0.3) is 0 Å². The lowest BCUT2D eigenvalue weighted by molar-refractivity contribution is -0.120. The van der Waals surface area contributed by atoms with E-state index in [9.17, 15) is 4.79 Å². The number of nitrogens with one attached hydrogen (secondary N) is 2. The number of anilines is 2. The van der Waals surface area contributed by atoms with Gasteiger partial charge in [-0.15, -0.1) is 11.3 Å². The fourth-order valence-electron chi connectivity index (χ4n) is 2.22. The lowest BCUT2D eigenvalue weighted by Crippen LogP contribution is -2.48. The number of fused-ring (bicyclic) bond motifs is 1. The van der Waals surface area contributed by atoms with Crippen molar-refractivity contribution in [2.24, 2.45) is 0 Å². The number of carbonyl (C=O) groups excluding carboxylic acids is 1. The summed E-state index contributed by atoms with van der Waals surface area (Å²) in [6.07, 6.45) is 1.02. The molecule has 2 aromatic heterocycles. The van der Waals surface area contributed by atoms with E-state index >= 15 is 0 Å². The van der Waals surface area contributed by atoms with Crippen LogP contribution in [0.15, 0.2) is 11.4 Å². The Balaban J connectivity index is 1.98. The maximum Gasteiger partial charge on any atom is 0.239 e. The molecule has 3 rings (SSSR count). The number of nitrogens with zero attached hydrogens (tertiary/aromatic N) is 3. The minimum absolute atomic E-state index is 0.0429. The number of hydrogen-bond acceptors (Lipinski definition) is 6. The molecule has 0 spiro atoms. The maximum atomic E-state index is 11.6. The molecule has 2 aromatic rings. The first-order valence-corrected chi connectivity index (χ1v) is 7.66. The molecule has 7 heteroatoms. The SMILES string of the molecule is CCCNc1nc(N2CCNC(=O)C2)c2ccsc2n1. The molecule has 106 valence electrons. The Morgan fingerprint density at radius 2 is 2.40 bits per heavy atom. The minimum atomic E-state index is 0.0429. The zero-order valence-electron chi connectivity index (χ0n) is 11.3. The number of amides is 1. The van der Waals surface area contributed by atoms with Gasteiger partial charge in [0.1, 0.15) is 10.6 Å². The predicted molar refractivity (Wildman–Crippen MR) is 81.4 cm³/mol. The second-order valence-corrected chi connectivity index (χ2v) is 5.60. The molecule has 3 heterocycles. The van der Waals surface area contributed by atoms with Gasteiger partial charge in [0.05, 0.1) is 11.9 Å². The molecule has 1 aliphatic rings. The Morgan fingerprint density at radius 3 is 3.20 bits per heavy atom. The smallest absolute Gasteiger partial charge is 0.239 e. The van der Waals surface area contributed by atoms with Crippen LogP contribution in [-0.2, 0) is 4.79 Å². The highest BCUT2D eigenvalue weighted by atomic mass is 32.1. The minimum Gasteiger partial charge on any atom is -0.354 e. The largest absolute Gasteiger partial charge is 0.354 e. The van der Waals surface area contributed by atoms with Crippen LogP contribution in [0.5, 0.6) is 0 Å². The monoisotopic (exact) mass is 291 g/mol. The summed E-state index contributed by atoms with van der Waals surface area (Å²) in [6, 6.07) is 2.02. The predicted octanol–water partition coefficient (Wildman–Crippen LogP) is 1.45. The van der Waals surface area contributed by atoms with Gasteiger partial charge in [0, 0.05) is 19.6 Å². The quantitative estimate of drug-likeness (QED) is 0.892. The molecular formula is C13H17N5OS. The summed E-state index contributed by atoms with van der Waals surface area (Å²) in [5.74, 6) is 1.54. The van der Waals surface area contributed by atoms with Crippen molar-refractivity contribution in [1.29, 1.82) is 0 Å². The van der Waals surface area contributed by atoms with Crippen LogP contribution in [0.1, 0.15) is 13.3 Å². The van der Waals surface area contributed by atoms with E-state index < -0.39 is 0 Å². The van der Waals surface area contributed by atoms with Crippen molar-refractivity contribution in [3.63, 3.8) is 0 Å². The summed E-state index contributed by atoms with van der Waals surface area (Å²) in [6.45, 7) is 4.74. The first-order chi connectivity index (χ1) is 9.78. The third-order valence-corrected chi connectivity index (χ3v) is 3.98. The fraction of sp³-hybridized carbons (Fsp3) is 0.462. The molecule has 20 heavy (non-hydrogen) atoms. The zero-order valence-corrected chi connectivity index (χ0v) is 12.2. The molecule has 0 unspecified atom stereocenters.